The zero-order valence-corrected chi connectivity index (χ0v) is 14.0. The van der Waals surface area contributed by atoms with Gasteiger partial charge in [0.15, 0.2) is 0 Å². The van der Waals surface area contributed by atoms with E-state index in [-0.39, 0.29) is 10.8 Å². The number of amides is 1. The number of sulfonamides is 1. The highest BCUT2D eigenvalue weighted by molar-refractivity contribution is 7.89. The van der Waals surface area contributed by atoms with E-state index in [1.807, 2.05) is 0 Å². The van der Waals surface area contributed by atoms with E-state index in [0.29, 0.717) is 37.6 Å². The van der Waals surface area contributed by atoms with E-state index < -0.39 is 10.0 Å². The number of hydrogen-bond acceptors (Lipinski definition) is 5. The molecule has 1 amide bonds. The summed E-state index contributed by atoms with van der Waals surface area (Å²) in [4.78, 5) is 12.2. The van der Waals surface area contributed by atoms with Crippen molar-refractivity contribution in [1.82, 2.24) is 14.1 Å². The Hall–Kier alpha value is -2.23. The van der Waals surface area contributed by atoms with Gasteiger partial charge in [0, 0.05) is 32.0 Å². The average Bonchev–Trinajstić information content (AvgIpc) is 3.03. The van der Waals surface area contributed by atoms with Crippen LogP contribution in [0.2, 0.25) is 0 Å². The van der Waals surface area contributed by atoms with Crippen molar-refractivity contribution in [2.75, 3.05) is 31.6 Å². The molecule has 1 saturated heterocycles. The van der Waals surface area contributed by atoms with Crippen LogP contribution in [0.15, 0.2) is 41.6 Å². The van der Waals surface area contributed by atoms with E-state index in [9.17, 15) is 13.2 Å². The second-order valence-corrected chi connectivity index (χ2v) is 7.34. The average molecular weight is 350 g/mol. The summed E-state index contributed by atoms with van der Waals surface area (Å²) in [5, 5.41) is 6.65. The van der Waals surface area contributed by atoms with E-state index >= 15 is 0 Å². The van der Waals surface area contributed by atoms with Crippen LogP contribution in [0.5, 0.6) is 0 Å². The first-order valence-electron chi connectivity index (χ1n) is 7.45. The molecule has 3 rings (SSSR count). The normalized spacial score (nSPS) is 16.0. The molecule has 1 aromatic heterocycles. The fourth-order valence-corrected chi connectivity index (χ4v) is 3.80. The monoisotopic (exact) mass is 350 g/mol. The molecule has 8 nitrogen and oxygen atoms in total. The SMILES string of the molecule is Cn1cc(C(=O)Nc2ccc(S(=O)(=O)N3CCOCC3)cc2)cn1. The largest absolute Gasteiger partial charge is 0.379 e. The van der Waals surface area contributed by atoms with E-state index in [1.54, 1.807) is 25.4 Å². The van der Waals surface area contributed by atoms with Crippen molar-refractivity contribution < 1.29 is 17.9 Å². The molecule has 0 spiro atoms. The third-order valence-corrected chi connectivity index (χ3v) is 5.60. The molecule has 1 aromatic carbocycles. The number of nitrogens with one attached hydrogen (secondary N) is 1. The van der Waals surface area contributed by atoms with Gasteiger partial charge in [-0.05, 0) is 24.3 Å². The van der Waals surface area contributed by atoms with Crippen LogP contribution in [0.25, 0.3) is 0 Å². The maximum Gasteiger partial charge on any atom is 0.258 e. The highest BCUT2D eigenvalue weighted by atomic mass is 32.2. The Kier molecular flexibility index (Phi) is 4.65. The Morgan fingerprint density at radius 3 is 2.46 bits per heavy atom. The topological polar surface area (TPSA) is 93.5 Å². The fourth-order valence-electron chi connectivity index (χ4n) is 2.39. The predicted molar refractivity (Wildman–Crippen MR) is 87.2 cm³/mol. The Labute approximate surface area is 140 Å². The smallest absolute Gasteiger partial charge is 0.258 e. The third-order valence-electron chi connectivity index (χ3n) is 3.69. The number of nitrogens with zero attached hydrogens (tertiary/aromatic N) is 3. The highest BCUT2D eigenvalue weighted by Gasteiger charge is 2.26. The molecule has 1 N–H and O–H groups in total. The van der Waals surface area contributed by atoms with Crippen molar-refractivity contribution in [2.24, 2.45) is 7.05 Å². The van der Waals surface area contributed by atoms with Gasteiger partial charge < -0.3 is 10.1 Å². The third kappa shape index (κ3) is 3.48. The number of anilines is 1. The van der Waals surface area contributed by atoms with Crippen molar-refractivity contribution >= 4 is 21.6 Å². The minimum atomic E-state index is -3.53. The lowest BCUT2D eigenvalue weighted by molar-refractivity contribution is 0.0730. The van der Waals surface area contributed by atoms with E-state index in [0.717, 1.165) is 0 Å². The van der Waals surface area contributed by atoms with Crippen molar-refractivity contribution in [2.45, 2.75) is 4.90 Å². The minimum absolute atomic E-state index is 0.198. The van der Waals surface area contributed by atoms with E-state index in [4.69, 9.17) is 4.74 Å². The van der Waals surface area contributed by atoms with Gasteiger partial charge in [-0.2, -0.15) is 9.40 Å². The summed E-state index contributed by atoms with van der Waals surface area (Å²) in [5.74, 6) is -0.299. The number of hydrogen-bond donors (Lipinski definition) is 1. The van der Waals surface area contributed by atoms with E-state index in [2.05, 4.69) is 10.4 Å². The molecule has 0 bridgehead atoms. The number of benzene rings is 1. The van der Waals surface area contributed by atoms with Crippen LogP contribution in [-0.4, -0.2) is 54.7 Å². The second-order valence-electron chi connectivity index (χ2n) is 5.40. The molecule has 0 atom stereocenters. The number of aromatic nitrogens is 2. The van der Waals surface area contributed by atoms with Gasteiger partial charge in [-0.25, -0.2) is 8.42 Å². The number of ether oxygens (including phenoxy) is 1. The molecule has 2 heterocycles. The Morgan fingerprint density at radius 1 is 1.21 bits per heavy atom. The number of morpholine rings is 1. The lowest BCUT2D eigenvalue weighted by Crippen LogP contribution is -2.40. The van der Waals surface area contributed by atoms with Crippen LogP contribution in [0.3, 0.4) is 0 Å². The number of carbonyl (C=O) groups is 1. The molecule has 0 radical (unpaired) electrons. The minimum Gasteiger partial charge on any atom is -0.379 e. The lowest BCUT2D eigenvalue weighted by Gasteiger charge is -2.26. The summed E-state index contributed by atoms with van der Waals surface area (Å²) in [6.07, 6.45) is 3.07. The molecule has 1 aliphatic rings. The van der Waals surface area contributed by atoms with Gasteiger partial charge in [-0.3, -0.25) is 9.48 Å². The fraction of sp³-hybridized carbons (Fsp3) is 0.333. The summed E-state index contributed by atoms with van der Waals surface area (Å²) in [6, 6.07) is 6.12. The first-order chi connectivity index (χ1) is 11.5. The molecular formula is C15H18N4O4S. The Balaban J connectivity index is 1.72. The predicted octanol–water partition coefficient (Wildman–Crippen LogP) is 0.693. The van der Waals surface area contributed by atoms with Gasteiger partial charge in [-0.1, -0.05) is 0 Å². The van der Waals surface area contributed by atoms with Gasteiger partial charge in [0.1, 0.15) is 0 Å². The maximum absolute atomic E-state index is 12.5. The number of rotatable bonds is 4. The van der Waals surface area contributed by atoms with Crippen molar-refractivity contribution in [1.29, 1.82) is 0 Å². The van der Waals surface area contributed by atoms with Gasteiger partial charge in [0.25, 0.3) is 5.91 Å². The molecule has 1 fully saturated rings. The zero-order valence-electron chi connectivity index (χ0n) is 13.2. The van der Waals surface area contributed by atoms with Gasteiger partial charge in [0.2, 0.25) is 10.0 Å². The van der Waals surface area contributed by atoms with Crippen LogP contribution in [-0.2, 0) is 21.8 Å². The van der Waals surface area contributed by atoms with E-state index in [1.165, 1.54) is 27.3 Å². The van der Waals surface area contributed by atoms with Gasteiger partial charge >= 0.3 is 0 Å². The molecule has 0 unspecified atom stereocenters. The summed E-state index contributed by atoms with van der Waals surface area (Å²) in [7, 11) is -1.80. The van der Waals surface area contributed by atoms with Crippen molar-refractivity contribution in [3.63, 3.8) is 0 Å². The standard InChI is InChI=1S/C15H18N4O4S/c1-18-11-12(10-16-18)15(20)17-13-2-4-14(5-3-13)24(21,22)19-6-8-23-9-7-19/h2-5,10-11H,6-9H2,1H3,(H,17,20). The molecule has 0 aliphatic carbocycles. The van der Waals surface area contributed by atoms with Crippen LogP contribution in [0, 0.1) is 0 Å². The zero-order chi connectivity index (χ0) is 17.2. The maximum atomic E-state index is 12.5. The Morgan fingerprint density at radius 2 is 1.88 bits per heavy atom. The second kappa shape index (κ2) is 6.71. The van der Waals surface area contributed by atoms with Crippen LogP contribution < -0.4 is 5.32 Å². The lowest BCUT2D eigenvalue weighted by atomic mass is 10.3. The van der Waals surface area contributed by atoms with Gasteiger partial charge in [-0.15, -0.1) is 0 Å². The molecular weight excluding hydrogens is 332 g/mol. The summed E-state index contributed by atoms with van der Waals surface area (Å²) < 4.78 is 33.1. The first kappa shape index (κ1) is 16.6. The van der Waals surface area contributed by atoms with Crippen molar-refractivity contribution in [3.05, 3.63) is 42.2 Å². The van der Waals surface area contributed by atoms with Crippen LogP contribution >= 0.6 is 0 Å². The summed E-state index contributed by atoms with van der Waals surface area (Å²) in [5.41, 5.74) is 0.951. The molecule has 0 saturated carbocycles. The summed E-state index contributed by atoms with van der Waals surface area (Å²) in [6.45, 7) is 1.50. The number of aryl methyl sites for hydroxylation is 1. The Bertz CT molecular complexity index is 823. The van der Waals surface area contributed by atoms with Crippen LogP contribution in [0.4, 0.5) is 5.69 Å². The van der Waals surface area contributed by atoms with Crippen LogP contribution in [0.1, 0.15) is 10.4 Å². The van der Waals surface area contributed by atoms with Gasteiger partial charge in [0.05, 0.1) is 29.9 Å². The summed E-state index contributed by atoms with van der Waals surface area (Å²) >= 11 is 0. The molecule has 24 heavy (non-hydrogen) atoms. The molecule has 9 heteroatoms. The van der Waals surface area contributed by atoms with Crippen molar-refractivity contribution in [3.8, 4) is 0 Å². The molecule has 1 aliphatic heterocycles. The molecule has 2 aromatic rings. The highest BCUT2D eigenvalue weighted by Crippen LogP contribution is 2.19. The molecule has 128 valence electrons. The number of carbonyl (C=O) groups excluding carboxylic acids is 1. The first-order valence-corrected chi connectivity index (χ1v) is 8.89. The quantitative estimate of drug-likeness (QED) is 0.876.